The molecule has 1 saturated heterocycles. The lowest BCUT2D eigenvalue weighted by atomic mass is 9.83. The number of piperidine rings is 1. The predicted octanol–water partition coefficient (Wildman–Crippen LogP) is 2.89. The van der Waals surface area contributed by atoms with Crippen LogP contribution in [0.5, 0.6) is 0 Å². The minimum Gasteiger partial charge on any atom is -0.319 e. The van der Waals surface area contributed by atoms with Crippen LogP contribution in [0.4, 0.5) is 0 Å². The Kier molecular flexibility index (Phi) is 5.30. The molecule has 100 valence electrons. The summed E-state index contributed by atoms with van der Waals surface area (Å²) >= 11 is 0. The number of hydrogen-bond acceptors (Lipinski definition) is 2. The van der Waals surface area contributed by atoms with Gasteiger partial charge in [0, 0.05) is 12.6 Å². The van der Waals surface area contributed by atoms with Gasteiger partial charge in [-0.1, -0.05) is 19.3 Å². The number of likely N-dealkylation sites (tertiary alicyclic amines) is 1. The minimum absolute atomic E-state index is 0.829. The van der Waals surface area contributed by atoms with Crippen molar-refractivity contribution >= 4 is 0 Å². The Labute approximate surface area is 107 Å². The van der Waals surface area contributed by atoms with Gasteiger partial charge in [0.15, 0.2) is 0 Å². The maximum absolute atomic E-state index is 3.35. The zero-order chi connectivity index (χ0) is 12.1. The highest BCUT2D eigenvalue weighted by molar-refractivity contribution is 4.83. The Morgan fingerprint density at radius 3 is 2.59 bits per heavy atom. The molecule has 0 spiro atoms. The second kappa shape index (κ2) is 6.75. The van der Waals surface area contributed by atoms with Gasteiger partial charge in [0.1, 0.15) is 0 Å². The molecule has 0 amide bonds. The topological polar surface area (TPSA) is 15.3 Å². The first-order chi connectivity index (χ1) is 8.31. The Morgan fingerprint density at radius 2 is 1.88 bits per heavy atom. The molecular formula is C15H30N2. The van der Waals surface area contributed by atoms with Crippen LogP contribution in [0, 0.1) is 11.8 Å². The molecule has 2 atom stereocenters. The average molecular weight is 238 g/mol. The molecular weight excluding hydrogens is 208 g/mol. The summed E-state index contributed by atoms with van der Waals surface area (Å²) in [5.41, 5.74) is 0. The first-order valence-corrected chi connectivity index (χ1v) is 7.70. The zero-order valence-corrected chi connectivity index (χ0v) is 11.8. The van der Waals surface area contributed by atoms with Crippen LogP contribution >= 0.6 is 0 Å². The normalized spacial score (nSPS) is 30.4. The van der Waals surface area contributed by atoms with Crippen molar-refractivity contribution in [2.75, 3.05) is 26.7 Å². The molecule has 2 heteroatoms. The van der Waals surface area contributed by atoms with Gasteiger partial charge in [-0.3, -0.25) is 0 Å². The first-order valence-electron chi connectivity index (χ1n) is 7.70. The molecule has 2 nitrogen and oxygen atoms in total. The van der Waals surface area contributed by atoms with Crippen LogP contribution < -0.4 is 5.32 Å². The summed E-state index contributed by atoms with van der Waals surface area (Å²) in [7, 11) is 2.09. The van der Waals surface area contributed by atoms with Gasteiger partial charge in [-0.15, -0.1) is 0 Å². The van der Waals surface area contributed by atoms with Gasteiger partial charge in [0.05, 0.1) is 0 Å². The Hall–Kier alpha value is -0.0800. The lowest BCUT2D eigenvalue weighted by Gasteiger charge is -2.41. The number of nitrogens with zero attached hydrogens (tertiary/aromatic N) is 1. The summed E-state index contributed by atoms with van der Waals surface area (Å²) < 4.78 is 0. The summed E-state index contributed by atoms with van der Waals surface area (Å²) in [4.78, 5) is 2.78. The molecule has 2 rings (SSSR count). The van der Waals surface area contributed by atoms with Crippen molar-refractivity contribution in [3.05, 3.63) is 0 Å². The van der Waals surface area contributed by atoms with Gasteiger partial charge < -0.3 is 10.2 Å². The monoisotopic (exact) mass is 238 g/mol. The van der Waals surface area contributed by atoms with Gasteiger partial charge in [-0.2, -0.15) is 0 Å². The Morgan fingerprint density at radius 1 is 1.12 bits per heavy atom. The van der Waals surface area contributed by atoms with Crippen molar-refractivity contribution < 1.29 is 0 Å². The van der Waals surface area contributed by atoms with Crippen LogP contribution in [0.15, 0.2) is 0 Å². The molecule has 1 aliphatic heterocycles. The molecule has 2 aliphatic rings. The van der Waals surface area contributed by atoms with Crippen molar-refractivity contribution in [3.63, 3.8) is 0 Å². The SMILES string of the molecule is CNCC1CCCN(C(C)C2CCCCC2)C1. The second-order valence-electron chi connectivity index (χ2n) is 6.20. The van der Waals surface area contributed by atoms with Gasteiger partial charge in [0.25, 0.3) is 0 Å². The van der Waals surface area contributed by atoms with E-state index in [1.807, 2.05) is 0 Å². The fraction of sp³-hybridized carbons (Fsp3) is 1.00. The van der Waals surface area contributed by atoms with E-state index in [2.05, 4.69) is 24.2 Å². The van der Waals surface area contributed by atoms with Gasteiger partial charge in [-0.05, 0) is 64.6 Å². The smallest absolute Gasteiger partial charge is 0.00953 e. The van der Waals surface area contributed by atoms with Gasteiger partial charge in [-0.25, -0.2) is 0 Å². The maximum atomic E-state index is 3.35. The average Bonchev–Trinajstić information content (AvgIpc) is 2.40. The molecule has 0 aromatic rings. The zero-order valence-electron chi connectivity index (χ0n) is 11.8. The van der Waals surface area contributed by atoms with Crippen molar-refractivity contribution in [1.29, 1.82) is 0 Å². The van der Waals surface area contributed by atoms with E-state index in [1.54, 1.807) is 0 Å². The molecule has 0 bridgehead atoms. The Balaban J connectivity index is 1.82. The number of rotatable bonds is 4. The molecule has 0 aromatic carbocycles. The van der Waals surface area contributed by atoms with Crippen LogP contribution in [-0.4, -0.2) is 37.6 Å². The van der Waals surface area contributed by atoms with E-state index in [9.17, 15) is 0 Å². The summed E-state index contributed by atoms with van der Waals surface area (Å²) in [6.07, 6.45) is 10.2. The van der Waals surface area contributed by atoms with Gasteiger partial charge in [0.2, 0.25) is 0 Å². The van der Waals surface area contributed by atoms with E-state index in [1.165, 1.54) is 64.6 Å². The Bertz CT molecular complexity index is 209. The van der Waals surface area contributed by atoms with Crippen LogP contribution in [0.2, 0.25) is 0 Å². The second-order valence-corrected chi connectivity index (χ2v) is 6.20. The molecule has 1 N–H and O–H groups in total. The van der Waals surface area contributed by atoms with Gasteiger partial charge >= 0.3 is 0 Å². The molecule has 1 aliphatic carbocycles. The highest BCUT2D eigenvalue weighted by Gasteiger charge is 2.28. The maximum Gasteiger partial charge on any atom is 0.00953 e. The lowest BCUT2D eigenvalue weighted by molar-refractivity contribution is 0.0824. The molecule has 2 fully saturated rings. The lowest BCUT2D eigenvalue weighted by Crippen LogP contribution is -2.46. The largest absolute Gasteiger partial charge is 0.319 e. The van der Waals surface area contributed by atoms with E-state index in [-0.39, 0.29) is 0 Å². The fourth-order valence-electron chi connectivity index (χ4n) is 3.84. The third kappa shape index (κ3) is 3.69. The number of hydrogen-bond donors (Lipinski definition) is 1. The van der Waals surface area contributed by atoms with Crippen LogP contribution in [0.3, 0.4) is 0 Å². The third-order valence-corrected chi connectivity index (χ3v) is 4.95. The quantitative estimate of drug-likeness (QED) is 0.810. The molecule has 2 unspecified atom stereocenters. The first kappa shape index (κ1) is 13.4. The van der Waals surface area contributed by atoms with E-state index >= 15 is 0 Å². The summed E-state index contributed by atoms with van der Waals surface area (Å²) in [5.74, 6) is 1.87. The van der Waals surface area contributed by atoms with Crippen LogP contribution in [-0.2, 0) is 0 Å². The van der Waals surface area contributed by atoms with E-state index in [0.717, 1.165) is 17.9 Å². The summed E-state index contributed by atoms with van der Waals surface area (Å²) in [6, 6.07) is 0.829. The van der Waals surface area contributed by atoms with E-state index in [0.29, 0.717) is 0 Å². The third-order valence-electron chi connectivity index (χ3n) is 4.95. The molecule has 17 heavy (non-hydrogen) atoms. The van der Waals surface area contributed by atoms with Crippen LogP contribution in [0.1, 0.15) is 51.9 Å². The predicted molar refractivity (Wildman–Crippen MR) is 74.3 cm³/mol. The standard InChI is InChI=1S/C15H30N2/c1-13(15-8-4-3-5-9-15)17-10-6-7-14(12-17)11-16-2/h13-16H,3-12H2,1-2H3. The van der Waals surface area contributed by atoms with Crippen molar-refractivity contribution in [2.24, 2.45) is 11.8 Å². The van der Waals surface area contributed by atoms with Crippen molar-refractivity contribution in [3.8, 4) is 0 Å². The molecule has 1 saturated carbocycles. The fourth-order valence-corrected chi connectivity index (χ4v) is 3.84. The molecule has 0 radical (unpaired) electrons. The summed E-state index contributed by atoms with van der Waals surface area (Å²) in [6.45, 7) is 6.36. The van der Waals surface area contributed by atoms with Crippen molar-refractivity contribution in [1.82, 2.24) is 10.2 Å². The molecule has 0 aromatic heterocycles. The summed E-state index contributed by atoms with van der Waals surface area (Å²) in [5, 5.41) is 3.35. The van der Waals surface area contributed by atoms with E-state index in [4.69, 9.17) is 0 Å². The van der Waals surface area contributed by atoms with Crippen LogP contribution in [0.25, 0.3) is 0 Å². The van der Waals surface area contributed by atoms with E-state index < -0.39 is 0 Å². The minimum atomic E-state index is 0.829. The number of nitrogens with one attached hydrogen (secondary N) is 1. The highest BCUT2D eigenvalue weighted by Crippen LogP contribution is 2.30. The molecule has 1 heterocycles. The highest BCUT2D eigenvalue weighted by atomic mass is 15.2. The van der Waals surface area contributed by atoms with Crippen molar-refractivity contribution in [2.45, 2.75) is 57.9 Å².